The number of non-ortho nitro benzene ring substituents is 1. The number of anilines is 3. The van der Waals surface area contributed by atoms with E-state index in [1.54, 1.807) is 46.1 Å². The van der Waals surface area contributed by atoms with Crippen LogP contribution in [0, 0.1) is 16.0 Å². The summed E-state index contributed by atoms with van der Waals surface area (Å²) < 4.78 is 19.0. The summed E-state index contributed by atoms with van der Waals surface area (Å²) in [6, 6.07) is 41.7. The molecule has 3 amide bonds. The van der Waals surface area contributed by atoms with Gasteiger partial charge < -0.3 is 29.1 Å². The van der Waals surface area contributed by atoms with Crippen LogP contribution in [0.2, 0.25) is 18.6 Å². The van der Waals surface area contributed by atoms with E-state index >= 15 is 4.79 Å². The minimum absolute atomic E-state index is 0.0466. The number of rotatable bonds is 10. The lowest BCUT2D eigenvalue weighted by Crippen LogP contribution is -2.52. The predicted molar refractivity (Wildman–Crippen MR) is 256 cm³/mol. The van der Waals surface area contributed by atoms with Crippen LogP contribution in [-0.2, 0) is 39.4 Å². The Kier molecular flexibility index (Phi) is 11.1. The monoisotopic (exact) mass is 914 g/mol. The zero-order valence-electron chi connectivity index (χ0n) is 37.6. The molecule has 1 saturated heterocycles. The fourth-order valence-electron chi connectivity index (χ4n) is 11.1. The molecule has 0 aromatic heterocycles. The van der Waals surface area contributed by atoms with Gasteiger partial charge in [0.05, 0.1) is 68.8 Å². The second-order valence-corrected chi connectivity index (χ2v) is 23.1. The minimum atomic E-state index is -2.73. The molecule has 67 heavy (non-hydrogen) atoms. The smallest absolute Gasteiger partial charge is 0.269 e. The first-order chi connectivity index (χ1) is 32.3. The quantitative estimate of drug-likeness (QED) is 0.0808. The maximum atomic E-state index is 15.7. The third-order valence-corrected chi connectivity index (χ3v) is 18.8. The molecule has 6 aromatic rings. The van der Waals surface area contributed by atoms with Crippen molar-refractivity contribution in [1.29, 1.82) is 0 Å². The van der Waals surface area contributed by atoms with E-state index in [1.807, 2.05) is 110 Å². The molecule has 6 aromatic carbocycles. The lowest BCUT2D eigenvalue weighted by atomic mass is 9.82. The summed E-state index contributed by atoms with van der Waals surface area (Å²) in [5, 5.41) is 24.1. The van der Waals surface area contributed by atoms with Gasteiger partial charge in [-0.3, -0.25) is 29.4 Å². The summed E-state index contributed by atoms with van der Waals surface area (Å²) in [4.78, 5) is 61.9. The normalized spacial score (nSPS) is 21.8. The summed E-state index contributed by atoms with van der Waals surface area (Å²) in [5.41, 5.74) is 2.91. The summed E-state index contributed by atoms with van der Waals surface area (Å²) in [5.74, 6) is 0.208. The van der Waals surface area contributed by atoms with Gasteiger partial charge in [-0.1, -0.05) is 98.0 Å². The molecule has 0 bridgehead atoms. The Hall–Kier alpha value is -7.13. The number of carbonyl (C=O) groups is 3. The Morgan fingerprint density at radius 2 is 1.58 bits per heavy atom. The van der Waals surface area contributed by atoms with Gasteiger partial charge in [0.25, 0.3) is 17.5 Å². The van der Waals surface area contributed by atoms with Crippen LogP contribution in [0.3, 0.4) is 0 Å². The zero-order valence-corrected chi connectivity index (χ0v) is 38.6. The molecule has 4 aliphatic heterocycles. The number of methoxy groups -OCH3 is 1. The average molecular weight is 915 g/mol. The molecular formula is C53H50N4O9Si. The molecule has 14 heteroatoms. The Labute approximate surface area is 389 Å². The molecule has 4 aliphatic rings. The fraction of sp³-hybridized carbons (Fsp3) is 0.264. The van der Waals surface area contributed by atoms with E-state index in [9.17, 15) is 24.8 Å². The van der Waals surface area contributed by atoms with Crippen molar-refractivity contribution in [2.75, 3.05) is 23.5 Å². The molecule has 0 aliphatic carbocycles. The Bertz CT molecular complexity index is 2960. The summed E-state index contributed by atoms with van der Waals surface area (Å²) in [6.45, 7) is 6.57. The van der Waals surface area contributed by atoms with Crippen LogP contribution in [-0.4, -0.2) is 66.6 Å². The molecule has 0 saturated carbocycles. The number of aliphatic hydroxyl groups excluding tert-OH is 1. The van der Waals surface area contributed by atoms with E-state index in [2.05, 4.69) is 13.1 Å². The second-order valence-electron chi connectivity index (χ2n) is 18.4. The molecule has 0 radical (unpaired) electrons. The van der Waals surface area contributed by atoms with Crippen molar-refractivity contribution in [3.8, 4) is 17.2 Å². The first-order valence-electron chi connectivity index (χ1n) is 22.5. The lowest BCUT2D eigenvalue weighted by Gasteiger charge is -2.39. The Morgan fingerprint density at radius 3 is 2.33 bits per heavy atom. The number of aliphatic hydroxyl groups is 1. The number of nitrogens with zero attached hydrogens (tertiary/aromatic N) is 4. The minimum Gasteiger partial charge on any atom is -0.497 e. The van der Waals surface area contributed by atoms with Crippen molar-refractivity contribution in [3.63, 3.8) is 0 Å². The van der Waals surface area contributed by atoms with E-state index in [4.69, 9.17) is 14.2 Å². The summed E-state index contributed by atoms with van der Waals surface area (Å²) >= 11 is 0. The van der Waals surface area contributed by atoms with Crippen LogP contribution in [0.4, 0.5) is 22.7 Å². The molecular weight excluding hydrogens is 865 g/mol. The highest BCUT2D eigenvalue weighted by Gasteiger charge is 2.67. The number of hydrogen-bond acceptors (Lipinski definition) is 9. The van der Waals surface area contributed by atoms with Crippen LogP contribution < -0.4 is 24.5 Å². The maximum absolute atomic E-state index is 15.7. The molecule has 340 valence electrons. The number of nitro benzene ring substituents is 1. The number of amides is 3. The molecule has 1 fully saturated rings. The van der Waals surface area contributed by atoms with E-state index in [1.165, 1.54) is 12.1 Å². The number of ether oxygens (including phenoxy) is 3. The van der Waals surface area contributed by atoms with Crippen LogP contribution in [0.1, 0.15) is 46.0 Å². The summed E-state index contributed by atoms with van der Waals surface area (Å²) in [7, 11) is -1.12. The number of para-hydroxylation sites is 3. The highest BCUT2D eigenvalue weighted by Crippen LogP contribution is 2.61. The first kappa shape index (κ1) is 43.7. The Balaban J connectivity index is 1.05. The fourth-order valence-corrected chi connectivity index (χ4v) is 15.2. The molecule has 1 spiro atoms. The number of carbonyl (C=O) groups excluding carboxylic acids is 3. The number of fused-ring (bicyclic) bond motifs is 5. The van der Waals surface area contributed by atoms with Crippen LogP contribution >= 0.6 is 0 Å². The molecule has 0 unspecified atom stereocenters. The van der Waals surface area contributed by atoms with Crippen LogP contribution in [0.5, 0.6) is 17.2 Å². The van der Waals surface area contributed by atoms with E-state index in [0.717, 1.165) is 16.3 Å². The van der Waals surface area contributed by atoms with Gasteiger partial charge in [0.15, 0.2) is 11.4 Å². The van der Waals surface area contributed by atoms with E-state index in [0.29, 0.717) is 64.0 Å². The van der Waals surface area contributed by atoms with Gasteiger partial charge in [0.1, 0.15) is 11.5 Å². The SMILES string of the molecule is COc1ccc([Si](C)(C)[C@H]2[C@H](CC(=O)N3Cc4ccccc4C[C@H]3CO)O[C@@]3(C(=O)N(Cc4cccc(N5C(=O)c6ccccc6Oc6ccccc65)c4)c4ccc([N+](=O)[O-])cc43)[C@@H]2C)cc1. The maximum Gasteiger partial charge on any atom is 0.269 e. The zero-order chi connectivity index (χ0) is 46.8. The topological polar surface area (TPSA) is 152 Å². The van der Waals surface area contributed by atoms with Gasteiger partial charge >= 0.3 is 0 Å². The van der Waals surface area contributed by atoms with Crippen molar-refractivity contribution in [2.24, 2.45) is 5.92 Å². The average Bonchev–Trinajstić information content (AvgIpc) is 3.71. The van der Waals surface area contributed by atoms with Gasteiger partial charge in [-0.2, -0.15) is 0 Å². The van der Waals surface area contributed by atoms with Gasteiger partial charge in [0.2, 0.25) is 5.91 Å². The van der Waals surface area contributed by atoms with Gasteiger partial charge in [-0.05, 0) is 83.2 Å². The largest absolute Gasteiger partial charge is 0.497 e. The molecule has 1 N–H and O–H groups in total. The van der Waals surface area contributed by atoms with E-state index < -0.39 is 36.7 Å². The standard InChI is InChI=1S/C53H50N4O9Si/c1-33-50(67(3,4)41-23-21-40(64-2)22-24-41)48(29-49(59)54-31-36-14-6-5-13-35(36)27-39(54)32-58)66-53(33)43-28-38(57(62)63)20-25-44(43)55(52(53)61)30-34-12-11-15-37(26-34)56-45-17-8-10-19-47(45)65-46-18-9-7-16-42(46)51(56)60/h5-26,28,33,39,48,50,58H,27,29-32H2,1-4H3/t33-,39+,48+,50-,53+/m1/s1. The van der Waals surface area contributed by atoms with Crippen molar-refractivity contribution in [1.82, 2.24) is 4.90 Å². The molecule has 10 rings (SSSR count). The van der Waals surface area contributed by atoms with Crippen LogP contribution in [0.25, 0.3) is 0 Å². The predicted octanol–water partition coefficient (Wildman–Crippen LogP) is 8.79. The number of hydrogen-bond donors (Lipinski definition) is 1. The van der Waals surface area contributed by atoms with E-state index in [-0.39, 0.29) is 48.5 Å². The Morgan fingerprint density at radius 1 is 0.866 bits per heavy atom. The highest BCUT2D eigenvalue weighted by atomic mass is 28.3. The first-order valence-corrected chi connectivity index (χ1v) is 25.6. The third-order valence-electron chi connectivity index (χ3n) is 14.4. The molecule has 5 atom stereocenters. The van der Waals surface area contributed by atoms with Crippen molar-refractivity contribution < 1.29 is 38.6 Å². The van der Waals surface area contributed by atoms with Gasteiger partial charge in [-0.15, -0.1) is 0 Å². The van der Waals surface area contributed by atoms with Crippen molar-refractivity contribution in [3.05, 3.63) is 177 Å². The second kappa shape index (κ2) is 16.9. The van der Waals surface area contributed by atoms with Gasteiger partial charge in [0, 0.05) is 35.8 Å². The number of nitro groups is 1. The van der Waals surface area contributed by atoms with Gasteiger partial charge in [-0.25, -0.2) is 0 Å². The molecule has 4 heterocycles. The van der Waals surface area contributed by atoms with Crippen molar-refractivity contribution in [2.45, 2.75) is 69.2 Å². The van der Waals surface area contributed by atoms with Crippen LogP contribution in [0.15, 0.2) is 140 Å². The summed E-state index contributed by atoms with van der Waals surface area (Å²) in [6.07, 6.45) is -0.341. The number of benzene rings is 6. The molecule has 13 nitrogen and oxygen atoms in total. The lowest BCUT2D eigenvalue weighted by molar-refractivity contribution is -0.385. The highest BCUT2D eigenvalue weighted by molar-refractivity contribution is 6.91. The third kappa shape index (κ3) is 7.27. The van der Waals surface area contributed by atoms with Crippen molar-refractivity contribution >= 4 is 53.7 Å².